The number of hydrogen-bond acceptors (Lipinski definition) is 3. The Labute approximate surface area is 192 Å². The van der Waals surface area contributed by atoms with Gasteiger partial charge in [-0.25, -0.2) is 0 Å². The molecule has 2 aromatic rings. The van der Waals surface area contributed by atoms with Crippen molar-refractivity contribution in [2.24, 2.45) is 0 Å². The molecule has 4 heteroatoms. The SMILES string of the molecule is CCCCCCC(=CC=CC(=O)N[C@H](C)CCCc1ccsc1)c1ccc(OC)cc1. The molecule has 1 heterocycles. The summed E-state index contributed by atoms with van der Waals surface area (Å²) >= 11 is 1.74. The first kappa shape index (κ1) is 24.9. The first-order valence-electron chi connectivity index (χ1n) is 11.5. The van der Waals surface area contributed by atoms with E-state index in [9.17, 15) is 4.79 Å². The summed E-state index contributed by atoms with van der Waals surface area (Å²) in [5.74, 6) is 0.830. The zero-order valence-electron chi connectivity index (χ0n) is 19.2. The van der Waals surface area contributed by atoms with Gasteiger partial charge in [0.15, 0.2) is 0 Å². The van der Waals surface area contributed by atoms with Gasteiger partial charge in [0.25, 0.3) is 0 Å². The van der Waals surface area contributed by atoms with Crippen LogP contribution in [0.1, 0.15) is 69.9 Å². The number of allylic oxidation sites excluding steroid dienone is 3. The number of thiophene rings is 1. The van der Waals surface area contributed by atoms with Crippen LogP contribution in [0.4, 0.5) is 0 Å². The quantitative estimate of drug-likeness (QED) is 0.192. The van der Waals surface area contributed by atoms with E-state index in [1.807, 2.05) is 18.2 Å². The number of aryl methyl sites for hydroxylation is 1. The lowest BCUT2D eigenvalue weighted by Gasteiger charge is -2.12. The Bertz CT molecular complexity index is 806. The molecule has 0 saturated heterocycles. The number of hydrogen-bond donors (Lipinski definition) is 1. The van der Waals surface area contributed by atoms with Gasteiger partial charge in [-0.1, -0.05) is 50.5 Å². The highest BCUT2D eigenvalue weighted by atomic mass is 32.1. The summed E-state index contributed by atoms with van der Waals surface area (Å²) in [5.41, 5.74) is 3.83. The number of nitrogens with one attached hydrogen (secondary N) is 1. The minimum absolute atomic E-state index is 0.0284. The Balaban J connectivity index is 1.87. The summed E-state index contributed by atoms with van der Waals surface area (Å²) in [6.45, 7) is 4.30. The van der Waals surface area contributed by atoms with Gasteiger partial charge < -0.3 is 10.1 Å². The van der Waals surface area contributed by atoms with E-state index in [0.29, 0.717) is 0 Å². The molecule has 0 aliphatic carbocycles. The van der Waals surface area contributed by atoms with E-state index in [0.717, 1.165) is 37.9 Å². The minimum Gasteiger partial charge on any atom is -0.497 e. The number of unbranched alkanes of at least 4 members (excludes halogenated alkanes) is 3. The molecular weight excluding hydrogens is 402 g/mol. The maximum Gasteiger partial charge on any atom is 0.244 e. The Morgan fingerprint density at radius 2 is 1.94 bits per heavy atom. The van der Waals surface area contributed by atoms with Gasteiger partial charge in [-0.15, -0.1) is 0 Å². The van der Waals surface area contributed by atoms with Crippen molar-refractivity contribution in [1.29, 1.82) is 0 Å². The van der Waals surface area contributed by atoms with Crippen molar-refractivity contribution >= 4 is 22.8 Å². The maximum atomic E-state index is 12.3. The summed E-state index contributed by atoms with van der Waals surface area (Å²) in [6.07, 6.45) is 14.6. The molecule has 1 aromatic heterocycles. The lowest BCUT2D eigenvalue weighted by atomic mass is 9.98. The predicted octanol–water partition coefficient (Wildman–Crippen LogP) is 7.19. The average molecular weight is 440 g/mol. The molecule has 2 rings (SSSR count). The van der Waals surface area contributed by atoms with E-state index in [2.05, 4.69) is 54.2 Å². The van der Waals surface area contributed by atoms with Gasteiger partial charge in [0.05, 0.1) is 7.11 Å². The van der Waals surface area contributed by atoms with E-state index in [-0.39, 0.29) is 11.9 Å². The van der Waals surface area contributed by atoms with Crippen LogP contribution in [-0.4, -0.2) is 19.1 Å². The van der Waals surface area contributed by atoms with Crippen LogP contribution in [0.3, 0.4) is 0 Å². The van der Waals surface area contributed by atoms with Gasteiger partial charge in [0.2, 0.25) is 5.91 Å². The fraction of sp³-hybridized carbons (Fsp3) is 0.444. The minimum atomic E-state index is -0.0284. The predicted molar refractivity (Wildman–Crippen MR) is 134 cm³/mol. The summed E-state index contributed by atoms with van der Waals surface area (Å²) in [6, 6.07) is 10.5. The Kier molecular flexibility index (Phi) is 11.8. The molecule has 31 heavy (non-hydrogen) atoms. The second-order valence-corrected chi connectivity index (χ2v) is 8.80. The molecule has 0 aliphatic rings. The Morgan fingerprint density at radius 3 is 2.61 bits per heavy atom. The Hall–Kier alpha value is -2.33. The van der Waals surface area contributed by atoms with Crippen molar-refractivity contribution in [2.75, 3.05) is 7.11 Å². The molecule has 168 valence electrons. The highest BCUT2D eigenvalue weighted by molar-refractivity contribution is 7.07. The zero-order valence-corrected chi connectivity index (χ0v) is 20.0. The van der Waals surface area contributed by atoms with E-state index in [1.165, 1.54) is 36.0 Å². The molecule has 0 spiro atoms. The van der Waals surface area contributed by atoms with Crippen LogP contribution in [-0.2, 0) is 11.2 Å². The molecule has 0 fully saturated rings. The molecule has 0 aliphatic heterocycles. The molecule has 3 nitrogen and oxygen atoms in total. The number of methoxy groups -OCH3 is 1. The van der Waals surface area contributed by atoms with Crippen LogP contribution < -0.4 is 10.1 Å². The molecule has 0 bridgehead atoms. The number of ether oxygens (including phenoxy) is 1. The summed E-state index contributed by atoms with van der Waals surface area (Å²) in [7, 11) is 1.68. The van der Waals surface area contributed by atoms with Crippen LogP contribution in [0.25, 0.3) is 5.57 Å². The van der Waals surface area contributed by atoms with Crippen molar-refractivity contribution in [3.05, 3.63) is 70.4 Å². The van der Waals surface area contributed by atoms with Crippen molar-refractivity contribution in [2.45, 2.75) is 71.3 Å². The molecule has 1 amide bonds. The molecular formula is C27H37NO2S. The normalized spacial score (nSPS) is 12.8. The van der Waals surface area contributed by atoms with E-state index < -0.39 is 0 Å². The van der Waals surface area contributed by atoms with Gasteiger partial charge in [-0.2, -0.15) is 11.3 Å². The largest absolute Gasteiger partial charge is 0.497 e. The zero-order chi connectivity index (χ0) is 22.3. The third-order valence-corrected chi connectivity index (χ3v) is 6.11. The molecule has 1 N–H and O–H groups in total. The molecule has 1 aromatic carbocycles. The van der Waals surface area contributed by atoms with Crippen molar-refractivity contribution in [3.8, 4) is 5.75 Å². The molecule has 0 saturated carbocycles. The second kappa shape index (κ2) is 14.6. The standard InChI is InChI=1S/C27H37NO2S/c1-4-5-6-7-12-24(25-15-17-26(30-3)18-16-25)13-9-14-27(29)28-22(2)10-8-11-23-19-20-31-21-23/h9,13-22H,4-8,10-12H2,1-3H3,(H,28,29)/t22-/m1/s1. The number of rotatable bonds is 14. The summed E-state index contributed by atoms with van der Waals surface area (Å²) < 4.78 is 5.27. The second-order valence-electron chi connectivity index (χ2n) is 8.02. The molecule has 0 unspecified atom stereocenters. The maximum absolute atomic E-state index is 12.3. The van der Waals surface area contributed by atoms with Gasteiger partial charge in [0.1, 0.15) is 5.75 Å². The third-order valence-electron chi connectivity index (χ3n) is 5.38. The van der Waals surface area contributed by atoms with Crippen LogP contribution in [0, 0.1) is 0 Å². The average Bonchev–Trinajstić information content (AvgIpc) is 3.29. The fourth-order valence-corrected chi connectivity index (χ4v) is 4.24. The van der Waals surface area contributed by atoms with Gasteiger partial charge in [-0.05, 0) is 84.7 Å². The van der Waals surface area contributed by atoms with Crippen LogP contribution in [0.15, 0.2) is 59.3 Å². The summed E-state index contributed by atoms with van der Waals surface area (Å²) in [4.78, 5) is 12.3. The summed E-state index contributed by atoms with van der Waals surface area (Å²) in [5, 5.41) is 7.39. The van der Waals surface area contributed by atoms with E-state index in [4.69, 9.17) is 4.74 Å². The first-order chi connectivity index (χ1) is 15.1. The van der Waals surface area contributed by atoms with E-state index >= 15 is 0 Å². The highest BCUT2D eigenvalue weighted by Crippen LogP contribution is 2.24. The lowest BCUT2D eigenvalue weighted by Crippen LogP contribution is -2.31. The Morgan fingerprint density at radius 1 is 1.13 bits per heavy atom. The molecule has 0 radical (unpaired) electrons. The fourth-order valence-electron chi connectivity index (χ4n) is 3.53. The number of amides is 1. The van der Waals surface area contributed by atoms with Crippen LogP contribution >= 0.6 is 11.3 Å². The lowest BCUT2D eigenvalue weighted by molar-refractivity contribution is -0.117. The number of carbonyl (C=O) groups excluding carboxylic acids is 1. The van der Waals surface area contributed by atoms with E-state index in [1.54, 1.807) is 24.5 Å². The van der Waals surface area contributed by atoms with Crippen LogP contribution in [0.2, 0.25) is 0 Å². The van der Waals surface area contributed by atoms with Crippen molar-refractivity contribution in [1.82, 2.24) is 5.32 Å². The van der Waals surface area contributed by atoms with Gasteiger partial charge in [0, 0.05) is 12.1 Å². The smallest absolute Gasteiger partial charge is 0.244 e. The van der Waals surface area contributed by atoms with Crippen molar-refractivity contribution in [3.63, 3.8) is 0 Å². The van der Waals surface area contributed by atoms with Crippen molar-refractivity contribution < 1.29 is 9.53 Å². The van der Waals surface area contributed by atoms with Crippen LogP contribution in [0.5, 0.6) is 5.75 Å². The first-order valence-corrected chi connectivity index (χ1v) is 12.4. The third kappa shape index (κ3) is 10.0. The highest BCUT2D eigenvalue weighted by Gasteiger charge is 2.05. The number of carbonyl (C=O) groups is 1. The molecule has 1 atom stereocenters. The topological polar surface area (TPSA) is 38.3 Å². The monoisotopic (exact) mass is 439 g/mol. The van der Waals surface area contributed by atoms with Gasteiger partial charge in [-0.3, -0.25) is 4.79 Å². The number of benzene rings is 1. The van der Waals surface area contributed by atoms with Gasteiger partial charge >= 0.3 is 0 Å².